The molecule has 0 fully saturated rings. The van der Waals surface area contributed by atoms with Crippen LogP contribution in [-0.4, -0.2) is 17.9 Å². The minimum Gasteiger partial charge on any atom is -0.368 e. The highest BCUT2D eigenvalue weighted by atomic mass is 79.9. The van der Waals surface area contributed by atoms with Crippen LogP contribution in [0.4, 0.5) is 4.39 Å². The Kier molecular flexibility index (Phi) is 4.00. The molecule has 0 spiro atoms. The van der Waals surface area contributed by atoms with Gasteiger partial charge in [0.2, 0.25) is 5.91 Å². The minimum atomic E-state index is -0.837. The molecule has 1 rings (SSSR count). The van der Waals surface area contributed by atoms with Crippen molar-refractivity contribution in [3.63, 3.8) is 0 Å². The fourth-order valence-electron chi connectivity index (χ4n) is 1.02. The second-order valence-corrected chi connectivity index (χ2v) is 4.14. The van der Waals surface area contributed by atoms with E-state index in [4.69, 9.17) is 5.73 Å². The van der Waals surface area contributed by atoms with Crippen LogP contribution in [0.25, 0.3) is 0 Å². The van der Waals surface area contributed by atoms with E-state index >= 15 is 0 Å². The molecule has 6 heteroatoms. The number of rotatable bonds is 3. The molecular formula is C10H10BrFN2O2. The predicted molar refractivity (Wildman–Crippen MR) is 60.2 cm³/mol. The van der Waals surface area contributed by atoms with Crippen LogP contribution in [-0.2, 0) is 4.79 Å². The van der Waals surface area contributed by atoms with Gasteiger partial charge >= 0.3 is 0 Å². The van der Waals surface area contributed by atoms with Gasteiger partial charge in [-0.1, -0.05) is 15.9 Å². The molecule has 16 heavy (non-hydrogen) atoms. The maximum Gasteiger partial charge on any atom is 0.254 e. The Morgan fingerprint density at radius 1 is 1.50 bits per heavy atom. The van der Waals surface area contributed by atoms with E-state index in [-0.39, 0.29) is 5.56 Å². The fourth-order valence-corrected chi connectivity index (χ4v) is 1.35. The maximum atomic E-state index is 13.3. The summed E-state index contributed by atoms with van der Waals surface area (Å²) in [6.45, 7) is 1.43. The molecule has 4 nitrogen and oxygen atoms in total. The average molecular weight is 289 g/mol. The van der Waals surface area contributed by atoms with Gasteiger partial charge in [0.25, 0.3) is 5.91 Å². The first-order valence-corrected chi connectivity index (χ1v) is 5.26. The monoisotopic (exact) mass is 288 g/mol. The standard InChI is InChI=1S/C10H10BrFN2O2/c1-5(9(13)15)14-10(16)7-3-2-6(11)4-8(7)12/h2-5H,1H3,(H2,13,15)(H,14,16). The number of amides is 2. The molecule has 0 heterocycles. The number of hydrogen-bond donors (Lipinski definition) is 2. The topological polar surface area (TPSA) is 72.2 Å². The lowest BCUT2D eigenvalue weighted by molar-refractivity contribution is -0.119. The van der Waals surface area contributed by atoms with Crippen LogP contribution in [0, 0.1) is 5.82 Å². The lowest BCUT2D eigenvalue weighted by Crippen LogP contribution is -2.42. The molecule has 0 saturated heterocycles. The normalized spacial score (nSPS) is 11.9. The zero-order chi connectivity index (χ0) is 12.3. The van der Waals surface area contributed by atoms with E-state index in [0.717, 1.165) is 0 Å². The van der Waals surface area contributed by atoms with Crippen LogP contribution in [0.3, 0.4) is 0 Å². The third kappa shape index (κ3) is 3.03. The van der Waals surface area contributed by atoms with E-state index in [1.165, 1.54) is 25.1 Å². The molecule has 2 amide bonds. The highest BCUT2D eigenvalue weighted by Crippen LogP contribution is 2.15. The number of carbonyl (C=O) groups excluding carboxylic acids is 2. The first-order valence-electron chi connectivity index (χ1n) is 4.47. The largest absolute Gasteiger partial charge is 0.368 e. The molecular weight excluding hydrogens is 279 g/mol. The summed E-state index contributed by atoms with van der Waals surface area (Å²) >= 11 is 3.07. The molecule has 0 radical (unpaired) electrons. The number of halogens is 2. The number of primary amides is 1. The van der Waals surface area contributed by atoms with Crippen molar-refractivity contribution >= 4 is 27.7 Å². The van der Waals surface area contributed by atoms with Crippen LogP contribution in [0.15, 0.2) is 22.7 Å². The summed E-state index contributed by atoms with van der Waals surface area (Å²) in [4.78, 5) is 22.2. The molecule has 3 N–H and O–H groups in total. The lowest BCUT2D eigenvalue weighted by atomic mass is 10.2. The second kappa shape index (κ2) is 5.07. The van der Waals surface area contributed by atoms with E-state index < -0.39 is 23.7 Å². The van der Waals surface area contributed by atoms with Crippen LogP contribution in [0.5, 0.6) is 0 Å². The lowest BCUT2D eigenvalue weighted by Gasteiger charge is -2.10. The molecule has 0 bridgehead atoms. The first-order chi connectivity index (χ1) is 7.41. The predicted octanol–water partition coefficient (Wildman–Crippen LogP) is 1.19. The number of benzene rings is 1. The van der Waals surface area contributed by atoms with Crippen LogP contribution >= 0.6 is 15.9 Å². The quantitative estimate of drug-likeness (QED) is 0.877. The number of hydrogen-bond acceptors (Lipinski definition) is 2. The molecule has 86 valence electrons. The van der Waals surface area contributed by atoms with Gasteiger partial charge in [0.15, 0.2) is 0 Å². The molecule has 1 aromatic carbocycles. The van der Waals surface area contributed by atoms with Crippen LogP contribution in [0.2, 0.25) is 0 Å². The number of nitrogens with one attached hydrogen (secondary N) is 1. The zero-order valence-corrected chi connectivity index (χ0v) is 10.0. The Labute approximate surface area is 100 Å². The van der Waals surface area contributed by atoms with Gasteiger partial charge in [-0.2, -0.15) is 0 Å². The SMILES string of the molecule is CC(NC(=O)c1ccc(Br)cc1F)C(N)=O. The molecule has 1 atom stereocenters. The van der Waals surface area contributed by atoms with Gasteiger partial charge in [0.05, 0.1) is 5.56 Å². The number of nitrogens with two attached hydrogens (primary N) is 1. The Bertz CT molecular complexity index is 437. The van der Waals surface area contributed by atoms with Gasteiger partial charge in [-0.25, -0.2) is 4.39 Å². The summed E-state index contributed by atoms with van der Waals surface area (Å²) in [7, 11) is 0. The molecule has 1 unspecified atom stereocenters. The Balaban J connectivity index is 2.85. The van der Waals surface area contributed by atoms with Crippen molar-refractivity contribution in [3.8, 4) is 0 Å². The van der Waals surface area contributed by atoms with Crippen LogP contribution < -0.4 is 11.1 Å². The smallest absolute Gasteiger partial charge is 0.254 e. The van der Waals surface area contributed by atoms with E-state index in [0.29, 0.717) is 4.47 Å². The van der Waals surface area contributed by atoms with Crippen LogP contribution in [0.1, 0.15) is 17.3 Å². The highest BCUT2D eigenvalue weighted by Gasteiger charge is 2.16. The number of carbonyl (C=O) groups is 2. The van der Waals surface area contributed by atoms with E-state index in [2.05, 4.69) is 21.2 Å². The maximum absolute atomic E-state index is 13.3. The Morgan fingerprint density at radius 3 is 2.62 bits per heavy atom. The summed E-state index contributed by atoms with van der Waals surface area (Å²) in [5.41, 5.74) is 4.84. The summed E-state index contributed by atoms with van der Waals surface area (Å²) in [6.07, 6.45) is 0. The Hall–Kier alpha value is -1.43. The van der Waals surface area contributed by atoms with Crippen molar-refractivity contribution in [2.24, 2.45) is 5.73 Å². The van der Waals surface area contributed by atoms with E-state index in [9.17, 15) is 14.0 Å². The Morgan fingerprint density at radius 2 is 2.12 bits per heavy atom. The van der Waals surface area contributed by atoms with Crippen molar-refractivity contribution in [1.82, 2.24) is 5.32 Å². The molecule has 0 aliphatic heterocycles. The van der Waals surface area contributed by atoms with Gasteiger partial charge in [-0.15, -0.1) is 0 Å². The zero-order valence-electron chi connectivity index (χ0n) is 8.46. The van der Waals surface area contributed by atoms with Crippen molar-refractivity contribution < 1.29 is 14.0 Å². The summed E-state index contributed by atoms with van der Waals surface area (Å²) in [5, 5.41) is 2.29. The molecule has 0 aliphatic carbocycles. The highest BCUT2D eigenvalue weighted by molar-refractivity contribution is 9.10. The third-order valence-electron chi connectivity index (χ3n) is 1.95. The van der Waals surface area contributed by atoms with Gasteiger partial charge in [0.1, 0.15) is 11.9 Å². The van der Waals surface area contributed by atoms with Gasteiger partial charge in [0, 0.05) is 4.47 Å². The summed E-state index contributed by atoms with van der Waals surface area (Å²) < 4.78 is 13.9. The minimum absolute atomic E-state index is 0.128. The summed E-state index contributed by atoms with van der Waals surface area (Å²) in [6, 6.07) is 3.19. The van der Waals surface area contributed by atoms with Gasteiger partial charge in [-0.05, 0) is 25.1 Å². The van der Waals surface area contributed by atoms with Gasteiger partial charge in [-0.3, -0.25) is 9.59 Å². The van der Waals surface area contributed by atoms with Crippen molar-refractivity contribution in [3.05, 3.63) is 34.1 Å². The fraction of sp³-hybridized carbons (Fsp3) is 0.200. The second-order valence-electron chi connectivity index (χ2n) is 3.22. The van der Waals surface area contributed by atoms with Crippen molar-refractivity contribution in [2.45, 2.75) is 13.0 Å². The first kappa shape index (κ1) is 12.6. The molecule has 0 saturated carbocycles. The van der Waals surface area contributed by atoms with Gasteiger partial charge < -0.3 is 11.1 Å². The summed E-state index contributed by atoms with van der Waals surface area (Å²) in [5.74, 6) is -2.01. The van der Waals surface area contributed by atoms with E-state index in [1.807, 2.05) is 0 Å². The van der Waals surface area contributed by atoms with Crippen molar-refractivity contribution in [1.29, 1.82) is 0 Å². The molecule has 1 aromatic rings. The molecule has 0 aromatic heterocycles. The third-order valence-corrected chi connectivity index (χ3v) is 2.44. The average Bonchev–Trinajstić information content (AvgIpc) is 2.16. The van der Waals surface area contributed by atoms with Crippen molar-refractivity contribution in [2.75, 3.05) is 0 Å². The van der Waals surface area contributed by atoms with E-state index in [1.54, 1.807) is 0 Å². The molecule has 0 aliphatic rings.